The molecule has 3 aromatic rings. The standard InChI is InChI=1S/C18H14F3IN2O/c1-10-3-5-14(22)8-16(10)12-4-6-15-13(7-12)9-23-24-17(15)25-11(2)18(19,20)21/h3-9,11H,1-2H3/t11-/m1/s1. The summed E-state index contributed by atoms with van der Waals surface area (Å²) in [5.74, 6) is -0.117. The third kappa shape index (κ3) is 3.86. The third-order valence-electron chi connectivity index (χ3n) is 3.89. The maximum atomic E-state index is 12.7. The van der Waals surface area contributed by atoms with Crippen LogP contribution in [0.2, 0.25) is 0 Å². The van der Waals surface area contributed by atoms with E-state index >= 15 is 0 Å². The van der Waals surface area contributed by atoms with Crippen molar-refractivity contribution in [1.29, 1.82) is 0 Å². The van der Waals surface area contributed by atoms with Crippen LogP contribution in [0.4, 0.5) is 13.2 Å². The third-order valence-corrected chi connectivity index (χ3v) is 4.56. The van der Waals surface area contributed by atoms with Gasteiger partial charge in [-0.25, -0.2) is 0 Å². The molecular weight excluding hydrogens is 444 g/mol. The van der Waals surface area contributed by atoms with Gasteiger partial charge in [-0.2, -0.15) is 18.3 Å². The van der Waals surface area contributed by atoms with Crippen LogP contribution in [0.5, 0.6) is 5.88 Å². The molecule has 7 heteroatoms. The fourth-order valence-electron chi connectivity index (χ4n) is 2.46. The quantitative estimate of drug-likeness (QED) is 0.484. The number of aromatic nitrogens is 2. The average Bonchev–Trinajstić information content (AvgIpc) is 2.56. The van der Waals surface area contributed by atoms with Crippen molar-refractivity contribution in [1.82, 2.24) is 10.2 Å². The zero-order chi connectivity index (χ0) is 18.2. The molecule has 25 heavy (non-hydrogen) atoms. The van der Waals surface area contributed by atoms with Crippen molar-refractivity contribution >= 4 is 33.4 Å². The Morgan fingerprint density at radius 1 is 1.12 bits per heavy atom. The van der Waals surface area contributed by atoms with Crippen LogP contribution in [0, 0.1) is 10.5 Å². The smallest absolute Gasteiger partial charge is 0.425 e. The van der Waals surface area contributed by atoms with Gasteiger partial charge in [-0.05, 0) is 77.4 Å². The van der Waals surface area contributed by atoms with Crippen LogP contribution < -0.4 is 4.74 Å². The molecule has 0 aliphatic rings. The van der Waals surface area contributed by atoms with E-state index in [0.29, 0.717) is 10.8 Å². The Bertz CT molecular complexity index is 928. The lowest BCUT2D eigenvalue weighted by Gasteiger charge is -2.17. The minimum atomic E-state index is -4.46. The number of halogens is 4. The Balaban J connectivity index is 2.04. The number of benzene rings is 2. The summed E-state index contributed by atoms with van der Waals surface area (Å²) in [6.07, 6.45) is -4.89. The molecule has 0 amide bonds. The molecule has 0 spiro atoms. The molecule has 2 aromatic carbocycles. The van der Waals surface area contributed by atoms with Crippen LogP contribution in [-0.2, 0) is 0 Å². The molecule has 0 aliphatic carbocycles. The van der Waals surface area contributed by atoms with Crippen LogP contribution in [0.3, 0.4) is 0 Å². The topological polar surface area (TPSA) is 35.0 Å². The first kappa shape index (κ1) is 17.9. The Labute approximate surface area is 156 Å². The lowest BCUT2D eigenvalue weighted by atomic mass is 9.99. The van der Waals surface area contributed by atoms with Crippen molar-refractivity contribution < 1.29 is 17.9 Å². The molecule has 1 atom stereocenters. The minimum Gasteiger partial charge on any atom is -0.463 e. The van der Waals surface area contributed by atoms with Gasteiger partial charge < -0.3 is 4.74 Å². The number of ether oxygens (including phenoxy) is 1. The zero-order valence-corrected chi connectivity index (χ0v) is 15.6. The predicted molar refractivity (Wildman–Crippen MR) is 98.6 cm³/mol. The molecule has 1 aromatic heterocycles. The van der Waals surface area contributed by atoms with Gasteiger partial charge in [-0.1, -0.05) is 12.1 Å². The van der Waals surface area contributed by atoms with Gasteiger partial charge in [0.05, 0.1) is 6.20 Å². The number of rotatable bonds is 3. The summed E-state index contributed by atoms with van der Waals surface area (Å²) >= 11 is 2.24. The summed E-state index contributed by atoms with van der Waals surface area (Å²) in [6.45, 7) is 2.96. The normalized spacial score (nSPS) is 13.0. The van der Waals surface area contributed by atoms with Crippen LogP contribution >= 0.6 is 22.6 Å². The maximum Gasteiger partial charge on any atom is 0.425 e. The average molecular weight is 458 g/mol. The number of nitrogens with zero attached hydrogens (tertiary/aromatic N) is 2. The van der Waals surface area contributed by atoms with Crippen molar-refractivity contribution in [3.63, 3.8) is 0 Å². The molecule has 130 valence electrons. The maximum absolute atomic E-state index is 12.7. The molecule has 0 radical (unpaired) electrons. The molecule has 0 saturated heterocycles. The Morgan fingerprint density at radius 3 is 2.60 bits per heavy atom. The first-order chi connectivity index (χ1) is 11.8. The lowest BCUT2D eigenvalue weighted by Crippen LogP contribution is -2.31. The molecular formula is C18H14F3IN2O. The van der Waals surface area contributed by atoms with Crippen LogP contribution in [0.1, 0.15) is 12.5 Å². The van der Waals surface area contributed by atoms with Gasteiger partial charge >= 0.3 is 6.18 Å². The van der Waals surface area contributed by atoms with E-state index in [4.69, 9.17) is 4.74 Å². The van der Waals surface area contributed by atoms with Gasteiger partial charge in [-0.15, -0.1) is 5.10 Å². The van der Waals surface area contributed by atoms with E-state index < -0.39 is 12.3 Å². The minimum absolute atomic E-state index is 0.117. The molecule has 3 rings (SSSR count). The highest BCUT2D eigenvalue weighted by Gasteiger charge is 2.38. The molecule has 0 saturated carbocycles. The molecule has 0 unspecified atom stereocenters. The van der Waals surface area contributed by atoms with E-state index in [2.05, 4.69) is 38.9 Å². The highest BCUT2D eigenvalue weighted by atomic mass is 127. The number of aryl methyl sites for hydroxylation is 1. The second-order valence-corrected chi connectivity index (χ2v) is 6.96. The Hall–Kier alpha value is -1.90. The zero-order valence-electron chi connectivity index (χ0n) is 13.4. The second kappa shape index (κ2) is 6.78. The molecule has 0 N–H and O–H groups in total. The molecule has 0 fully saturated rings. The van der Waals surface area contributed by atoms with Crippen LogP contribution in [0.15, 0.2) is 42.6 Å². The summed E-state index contributed by atoms with van der Waals surface area (Å²) < 4.78 is 44.3. The van der Waals surface area contributed by atoms with Gasteiger partial charge in [-0.3, -0.25) is 0 Å². The van der Waals surface area contributed by atoms with Crippen LogP contribution in [-0.4, -0.2) is 22.5 Å². The van der Waals surface area contributed by atoms with Gasteiger partial charge in [0.15, 0.2) is 6.10 Å². The van der Waals surface area contributed by atoms with E-state index in [9.17, 15) is 13.2 Å². The Kier molecular flexibility index (Phi) is 4.86. The fourth-order valence-corrected chi connectivity index (χ4v) is 2.95. The number of hydrogen-bond acceptors (Lipinski definition) is 3. The van der Waals surface area contributed by atoms with Gasteiger partial charge in [0.25, 0.3) is 0 Å². The second-order valence-electron chi connectivity index (χ2n) is 5.71. The number of alkyl halides is 3. The fraction of sp³-hybridized carbons (Fsp3) is 0.222. The van der Waals surface area contributed by atoms with Gasteiger partial charge in [0, 0.05) is 14.3 Å². The van der Waals surface area contributed by atoms with Crippen molar-refractivity contribution in [2.24, 2.45) is 0 Å². The van der Waals surface area contributed by atoms with Gasteiger partial charge in [0.2, 0.25) is 5.88 Å². The summed E-state index contributed by atoms with van der Waals surface area (Å²) in [6, 6.07) is 11.6. The van der Waals surface area contributed by atoms with E-state index in [1.165, 1.54) is 6.20 Å². The van der Waals surface area contributed by atoms with E-state index in [-0.39, 0.29) is 5.88 Å². The highest BCUT2D eigenvalue weighted by Crippen LogP contribution is 2.32. The lowest BCUT2D eigenvalue weighted by molar-refractivity contribution is -0.189. The highest BCUT2D eigenvalue weighted by molar-refractivity contribution is 14.1. The van der Waals surface area contributed by atoms with Crippen molar-refractivity contribution in [3.05, 3.63) is 51.7 Å². The first-order valence-corrected chi connectivity index (χ1v) is 8.59. The number of hydrogen-bond donors (Lipinski definition) is 0. The van der Waals surface area contributed by atoms with Gasteiger partial charge in [0.1, 0.15) is 0 Å². The summed E-state index contributed by atoms with van der Waals surface area (Å²) in [7, 11) is 0. The monoisotopic (exact) mass is 458 g/mol. The molecule has 1 heterocycles. The molecule has 0 bridgehead atoms. The Morgan fingerprint density at radius 2 is 1.88 bits per heavy atom. The van der Waals surface area contributed by atoms with Crippen molar-refractivity contribution in [2.75, 3.05) is 0 Å². The van der Waals surface area contributed by atoms with E-state index in [1.807, 2.05) is 31.2 Å². The summed E-state index contributed by atoms with van der Waals surface area (Å²) in [5.41, 5.74) is 3.15. The summed E-state index contributed by atoms with van der Waals surface area (Å²) in [5, 5.41) is 8.67. The number of fused-ring (bicyclic) bond motifs is 1. The van der Waals surface area contributed by atoms with E-state index in [0.717, 1.165) is 27.2 Å². The SMILES string of the molecule is Cc1ccc(I)cc1-c1ccc2c(O[C@H](C)C(F)(F)F)nncc2c1. The van der Waals surface area contributed by atoms with Crippen LogP contribution in [0.25, 0.3) is 21.9 Å². The van der Waals surface area contributed by atoms with Crippen molar-refractivity contribution in [2.45, 2.75) is 26.1 Å². The van der Waals surface area contributed by atoms with E-state index in [1.54, 1.807) is 6.07 Å². The molecule has 3 nitrogen and oxygen atoms in total. The molecule has 0 aliphatic heterocycles. The van der Waals surface area contributed by atoms with Crippen molar-refractivity contribution in [3.8, 4) is 17.0 Å². The summed E-state index contributed by atoms with van der Waals surface area (Å²) in [4.78, 5) is 0. The predicted octanol–water partition coefficient (Wildman–Crippen LogP) is 5.54. The largest absolute Gasteiger partial charge is 0.463 e. The first-order valence-electron chi connectivity index (χ1n) is 7.51.